The van der Waals surface area contributed by atoms with Crippen molar-refractivity contribution < 1.29 is 0 Å². The summed E-state index contributed by atoms with van der Waals surface area (Å²) >= 11 is 0. The van der Waals surface area contributed by atoms with Gasteiger partial charge in [0.2, 0.25) is 0 Å². The molecule has 0 radical (unpaired) electrons. The van der Waals surface area contributed by atoms with Gasteiger partial charge in [-0.15, -0.1) is 0 Å². The number of fused-ring (bicyclic) bond motifs is 1. The zero-order valence-corrected chi connectivity index (χ0v) is 12.5. The molecular weight excluding hydrogens is 258 g/mol. The third-order valence-corrected chi connectivity index (χ3v) is 4.07. The van der Waals surface area contributed by atoms with E-state index in [0.717, 1.165) is 17.1 Å². The first-order valence-electron chi connectivity index (χ1n) is 7.43. The van der Waals surface area contributed by atoms with Gasteiger partial charge in [-0.05, 0) is 22.8 Å². The summed E-state index contributed by atoms with van der Waals surface area (Å²) in [5.41, 5.74) is 8.08. The summed E-state index contributed by atoms with van der Waals surface area (Å²) in [6.07, 6.45) is 1.91. The lowest BCUT2D eigenvalue weighted by atomic mass is 9.95. The highest BCUT2D eigenvalue weighted by molar-refractivity contribution is 5.86. The minimum absolute atomic E-state index is 0.277. The Balaban J connectivity index is 1.97. The Hall–Kier alpha value is -2.13. The molecule has 0 aliphatic heterocycles. The number of rotatable bonds is 4. The molecule has 21 heavy (non-hydrogen) atoms. The second kappa shape index (κ2) is 5.70. The molecular formula is C18H21N3. The molecule has 0 fully saturated rings. The Morgan fingerprint density at radius 3 is 2.57 bits per heavy atom. The van der Waals surface area contributed by atoms with Crippen molar-refractivity contribution in [3.63, 3.8) is 0 Å². The van der Waals surface area contributed by atoms with E-state index in [1.807, 2.05) is 6.20 Å². The number of H-pyrrole nitrogens is 1. The molecule has 1 heterocycles. The molecule has 1 atom stereocenters. The standard InChI is InChI=1S/C18H21N3/c1-12(2)16(10-19)18-20-11-17(21-18)15-8-7-13-5-3-4-6-14(13)9-15/h3-9,11-12,16H,10,19H2,1-2H3,(H,20,21). The molecule has 2 aromatic carbocycles. The number of aromatic nitrogens is 2. The van der Waals surface area contributed by atoms with Gasteiger partial charge in [0.1, 0.15) is 5.82 Å². The molecule has 3 nitrogen and oxygen atoms in total. The lowest BCUT2D eigenvalue weighted by Gasteiger charge is -2.15. The van der Waals surface area contributed by atoms with Crippen LogP contribution in [0.1, 0.15) is 25.6 Å². The lowest BCUT2D eigenvalue weighted by Crippen LogP contribution is -2.19. The molecule has 108 valence electrons. The van der Waals surface area contributed by atoms with E-state index in [0.29, 0.717) is 12.5 Å². The number of benzene rings is 2. The predicted molar refractivity (Wildman–Crippen MR) is 88.2 cm³/mol. The fourth-order valence-corrected chi connectivity index (χ4v) is 2.73. The van der Waals surface area contributed by atoms with Crippen LogP contribution in [0.3, 0.4) is 0 Å². The Kier molecular flexibility index (Phi) is 3.76. The molecule has 3 rings (SSSR count). The molecule has 1 unspecified atom stereocenters. The molecule has 0 aliphatic carbocycles. The van der Waals surface area contributed by atoms with Crippen molar-refractivity contribution in [2.75, 3.05) is 6.54 Å². The Bertz CT molecular complexity index is 743. The third-order valence-electron chi connectivity index (χ3n) is 4.07. The van der Waals surface area contributed by atoms with Crippen LogP contribution in [0.2, 0.25) is 0 Å². The average molecular weight is 279 g/mol. The van der Waals surface area contributed by atoms with E-state index in [9.17, 15) is 0 Å². The van der Waals surface area contributed by atoms with Crippen molar-refractivity contribution in [3.05, 3.63) is 54.5 Å². The van der Waals surface area contributed by atoms with E-state index in [4.69, 9.17) is 5.73 Å². The topological polar surface area (TPSA) is 54.7 Å². The first-order valence-corrected chi connectivity index (χ1v) is 7.43. The number of hydrogen-bond acceptors (Lipinski definition) is 2. The SMILES string of the molecule is CC(C)C(CN)c1ncc(-c2ccc3ccccc3c2)[nH]1. The second-order valence-corrected chi connectivity index (χ2v) is 5.83. The van der Waals surface area contributed by atoms with Gasteiger partial charge in [0, 0.05) is 18.0 Å². The highest BCUT2D eigenvalue weighted by Gasteiger charge is 2.17. The largest absolute Gasteiger partial charge is 0.342 e. The van der Waals surface area contributed by atoms with Crippen LogP contribution < -0.4 is 5.73 Å². The van der Waals surface area contributed by atoms with Gasteiger partial charge in [0.15, 0.2) is 0 Å². The first-order chi connectivity index (χ1) is 10.2. The van der Waals surface area contributed by atoms with Crippen molar-refractivity contribution >= 4 is 10.8 Å². The number of hydrogen-bond donors (Lipinski definition) is 2. The normalized spacial score (nSPS) is 13.0. The van der Waals surface area contributed by atoms with Crippen molar-refractivity contribution in [3.8, 4) is 11.3 Å². The number of nitrogens with zero attached hydrogens (tertiary/aromatic N) is 1. The van der Waals surface area contributed by atoms with E-state index in [2.05, 4.69) is 66.3 Å². The Labute approximate surface area is 125 Å². The number of aromatic amines is 1. The van der Waals surface area contributed by atoms with Gasteiger partial charge in [0.25, 0.3) is 0 Å². The maximum atomic E-state index is 5.87. The summed E-state index contributed by atoms with van der Waals surface area (Å²) < 4.78 is 0. The van der Waals surface area contributed by atoms with Crippen LogP contribution in [0.15, 0.2) is 48.7 Å². The highest BCUT2D eigenvalue weighted by Crippen LogP contribution is 2.26. The first kappa shape index (κ1) is 13.8. The summed E-state index contributed by atoms with van der Waals surface area (Å²) in [5.74, 6) is 1.74. The van der Waals surface area contributed by atoms with Gasteiger partial charge in [-0.25, -0.2) is 4.98 Å². The van der Waals surface area contributed by atoms with E-state index >= 15 is 0 Å². The van der Waals surface area contributed by atoms with Crippen LogP contribution in [0.4, 0.5) is 0 Å². The van der Waals surface area contributed by atoms with Crippen molar-refractivity contribution in [1.82, 2.24) is 9.97 Å². The second-order valence-electron chi connectivity index (χ2n) is 5.83. The van der Waals surface area contributed by atoms with Gasteiger partial charge in [0.05, 0.1) is 11.9 Å². The summed E-state index contributed by atoms with van der Waals surface area (Å²) in [6, 6.07) is 14.9. The molecule has 0 spiro atoms. The molecule has 0 saturated carbocycles. The Morgan fingerprint density at radius 1 is 1.10 bits per heavy atom. The molecule has 1 aromatic heterocycles. The maximum Gasteiger partial charge on any atom is 0.111 e. The van der Waals surface area contributed by atoms with E-state index < -0.39 is 0 Å². The molecule has 3 N–H and O–H groups in total. The molecule has 0 aliphatic rings. The van der Waals surface area contributed by atoms with Crippen molar-refractivity contribution in [2.45, 2.75) is 19.8 Å². The molecule has 0 bridgehead atoms. The summed E-state index contributed by atoms with van der Waals surface area (Å²) in [4.78, 5) is 7.96. The van der Waals surface area contributed by atoms with E-state index in [1.165, 1.54) is 10.8 Å². The quantitative estimate of drug-likeness (QED) is 0.760. The van der Waals surface area contributed by atoms with Crippen molar-refractivity contribution in [2.24, 2.45) is 11.7 Å². The lowest BCUT2D eigenvalue weighted by molar-refractivity contribution is 0.487. The summed E-state index contributed by atoms with van der Waals surface area (Å²) in [6.45, 7) is 4.97. The van der Waals surface area contributed by atoms with Crippen LogP contribution in [0.25, 0.3) is 22.0 Å². The van der Waals surface area contributed by atoms with Gasteiger partial charge >= 0.3 is 0 Å². The van der Waals surface area contributed by atoms with Gasteiger partial charge < -0.3 is 10.7 Å². The van der Waals surface area contributed by atoms with E-state index in [-0.39, 0.29) is 5.92 Å². The summed E-state index contributed by atoms with van der Waals surface area (Å²) in [7, 11) is 0. The summed E-state index contributed by atoms with van der Waals surface area (Å²) in [5, 5.41) is 2.49. The molecule has 3 heteroatoms. The average Bonchev–Trinajstić information content (AvgIpc) is 2.96. The smallest absolute Gasteiger partial charge is 0.111 e. The van der Waals surface area contributed by atoms with E-state index in [1.54, 1.807) is 0 Å². The van der Waals surface area contributed by atoms with Crippen LogP contribution in [0, 0.1) is 5.92 Å². The highest BCUT2D eigenvalue weighted by atomic mass is 14.9. The van der Waals surface area contributed by atoms with Crippen LogP contribution in [0.5, 0.6) is 0 Å². The minimum Gasteiger partial charge on any atom is -0.342 e. The third kappa shape index (κ3) is 2.69. The van der Waals surface area contributed by atoms with Crippen LogP contribution >= 0.6 is 0 Å². The monoisotopic (exact) mass is 279 g/mol. The zero-order chi connectivity index (χ0) is 14.8. The van der Waals surface area contributed by atoms with Crippen LogP contribution in [-0.4, -0.2) is 16.5 Å². The van der Waals surface area contributed by atoms with Gasteiger partial charge in [-0.1, -0.05) is 50.2 Å². The molecule has 0 saturated heterocycles. The molecule has 3 aromatic rings. The zero-order valence-electron chi connectivity index (χ0n) is 12.5. The van der Waals surface area contributed by atoms with Gasteiger partial charge in [-0.2, -0.15) is 0 Å². The number of imidazole rings is 1. The predicted octanol–water partition coefficient (Wildman–Crippen LogP) is 3.93. The van der Waals surface area contributed by atoms with Crippen LogP contribution in [-0.2, 0) is 0 Å². The molecule has 0 amide bonds. The maximum absolute atomic E-state index is 5.87. The fourth-order valence-electron chi connectivity index (χ4n) is 2.73. The fraction of sp³-hybridized carbons (Fsp3) is 0.278. The number of nitrogens with one attached hydrogen (secondary N) is 1. The van der Waals surface area contributed by atoms with Gasteiger partial charge in [-0.3, -0.25) is 0 Å². The number of nitrogens with two attached hydrogens (primary N) is 1. The minimum atomic E-state index is 0.277. The Morgan fingerprint density at radius 2 is 1.86 bits per heavy atom. The van der Waals surface area contributed by atoms with Crippen molar-refractivity contribution in [1.29, 1.82) is 0 Å².